The molecule has 1 aromatic carbocycles. The molecule has 1 unspecified atom stereocenters. The molecular weight excluding hydrogens is 205 g/mol. The zero-order chi connectivity index (χ0) is 11.0. The summed E-state index contributed by atoms with van der Waals surface area (Å²) in [5.74, 6) is -0.140. The van der Waals surface area contributed by atoms with E-state index in [9.17, 15) is 4.39 Å². The first-order chi connectivity index (χ1) is 7.84. The Morgan fingerprint density at radius 1 is 1.38 bits per heavy atom. The summed E-state index contributed by atoms with van der Waals surface area (Å²) in [6.45, 7) is 1.78. The van der Waals surface area contributed by atoms with Crippen molar-refractivity contribution in [2.75, 3.05) is 13.2 Å². The largest absolute Gasteiger partial charge is 0.372 e. The molecule has 2 aliphatic heterocycles. The monoisotopic (exact) mass is 221 g/mol. The van der Waals surface area contributed by atoms with Crippen LogP contribution in [0.4, 0.5) is 4.39 Å². The topological polar surface area (TPSA) is 21.3 Å². The molecule has 2 atom stereocenters. The number of nitrogens with one attached hydrogen (secondary N) is 1. The van der Waals surface area contributed by atoms with E-state index in [0.29, 0.717) is 12.6 Å². The van der Waals surface area contributed by atoms with Gasteiger partial charge >= 0.3 is 0 Å². The smallest absolute Gasteiger partial charge is 0.123 e. The first-order valence-corrected chi connectivity index (χ1v) is 5.98. The normalized spacial score (nSPS) is 29.1. The Morgan fingerprint density at radius 2 is 2.31 bits per heavy atom. The second kappa shape index (κ2) is 4.15. The molecule has 16 heavy (non-hydrogen) atoms. The van der Waals surface area contributed by atoms with E-state index in [1.807, 2.05) is 6.07 Å². The summed E-state index contributed by atoms with van der Waals surface area (Å²) in [5, 5.41) is 3.46. The molecule has 3 heteroatoms. The van der Waals surface area contributed by atoms with Crippen molar-refractivity contribution in [3.05, 3.63) is 35.1 Å². The highest BCUT2D eigenvalue weighted by Crippen LogP contribution is 2.33. The van der Waals surface area contributed by atoms with Crippen LogP contribution in [0.25, 0.3) is 0 Å². The average molecular weight is 221 g/mol. The summed E-state index contributed by atoms with van der Waals surface area (Å²) in [5.41, 5.74) is 2.29. The van der Waals surface area contributed by atoms with Gasteiger partial charge in [-0.25, -0.2) is 4.39 Å². The Labute approximate surface area is 94.8 Å². The summed E-state index contributed by atoms with van der Waals surface area (Å²) >= 11 is 0. The van der Waals surface area contributed by atoms with Gasteiger partial charge in [0.15, 0.2) is 0 Å². The average Bonchev–Trinajstić information content (AvgIpc) is 2.81. The fraction of sp³-hybridized carbons (Fsp3) is 0.538. The van der Waals surface area contributed by atoms with Crippen LogP contribution in [0.2, 0.25) is 0 Å². The summed E-state index contributed by atoms with van der Waals surface area (Å²) in [6, 6.07) is 5.48. The standard InChI is InChI=1S/C13H16FNO/c14-10-3-4-11-9(8-10)5-7-16-13(11)12-2-1-6-15-12/h3-4,8,12-13,15H,1-2,5-7H2/t12-,13?/m1/s1. The maximum Gasteiger partial charge on any atom is 0.123 e. The van der Waals surface area contributed by atoms with Crippen LogP contribution in [0.1, 0.15) is 30.1 Å². The van der Waals surface area contributed by atoms with E-state index in [-0.39, 0.29) is 11.9 Å². The molecule has 0 radical (unpaired) electrons. The molecule has 0 saturated carbocycles. The molecule has 86 valence electrons. The maximum absolute atomic E-state index is 13.1. The second-order valence-electron chi connectivity index (χ2n) is 4.59. The molecule has 1 aromatic rings. The van der Waals surface area contributed by atoms with E-state index in [1.54, 1.807) is 6.07 Å². The first-order valence-electron chi connectivity index (χ1n) is 5.98. The van der Waals surface area contributed by atoms with Gasteiger partial charge in [-0.1, -0.05) is 6.07 Å². The Kier molecular flexibility index (Phi) is 2.65. The van der Waals surface area contributed by atoms with Gasteiger partial charge in [-0.3, -0.25) is 0 Å². The number of hydrogen-bond donors (Lipinski definition) is 1. The van der Waals surface area contributed by atoms with Crippen LogP contribution in [-0.2, 0) is 11.2 Å². The van der Waals surface area contributed by atoms with E-state index < -0.39 is 0 Å². The van der Waals surface area contributed by atoms with Crippen LogP contribution < -0.4 is 5.32 Å². The molecule has 0 spiro atoms. The first kappa shape index (κ1) is 10.2. The van der Waals surface area contributed by atoms with Gasteiger partial charge in [-0.15, -0.1) is 0 Å². The third kappa shape index (κ3) is 1.74. The minimum atomic E-state index is -0.140. The number of benzene rings is 1. The van der Waals surface area contributed by atoms with Crippen LogP contribution in [0.3, 0.4) is 0 Å². The predicted octanol–water partition coefficient (Wildman–Crippen LogP) is 2.19. The van der Waals surface area contributed by atoms with Crippen LogP contribution in [0, 0.1) is 5.82 Å². The van der Waals surface area contributed by atoms with Crippen molar-refractivity contribution in [2.24, 2.45) is 0 Å². The minimum Gasteiger partial charge on any atom is -0.372 e. The van der Waals surface area contributed by atoms with Crippen molar-refractivity contribution in [3.63, 3.8) is 0 Å². The van der Waals surface area contributed by atoms with Crippen molar-refractivity contribution in [1.29, 1.82) is 0 Å². The Bertz CT molecular complexity index is 388. The molecule has 1 saturated heterocycles. The van der Waals surface area contributed by atoms with Gasteiger partial charge in [-0.05, 0) is 49.1 Å². The molecule has 2 aliphatic rings. The van der Waals surface area contributed by atoms with E-state index in [2.05, 4.69) is 5.32 Å². The van der Waals surface area contributed by atoms with Gasteiger partial charge < -0.3 is 10.1 Å². The van der Waals surface area contributed by atoms with E-state index >= 15 is 0 Å². The number of rotatable bonds is 1. The highest BCUT2D eigenvalue weighted by Gasteiger charge is 2.30. The lowest BCUT2D eigenvalue weighted by Crippen LogP contribution is -2.33. The SMILES string of the molecule is Fc1ccc2c(c1)CCOC2[C@H]1CCCN1. The van der Waals surface area contributed by atoms with Gasteiger partial charge in [0.05, 0.1) is 12.7 Å². The molecule has 2 heterocycles. The molecule has 2 nitrogen and oxygen atoms in total. The summed E-state index contributed by atoms with van der Waals surface area (Å²) in [4.78, 5) is 0. The molecule has 0 aromatic heterocycles. The molecule has 1 fully saturated rings. The molecular formula is C13H16FNO. The van der Waals surface area contributed by atoms with Gasteiger partial charge in [-0.2, -0.15) is 0 Å². The minimum absolute atomic E-state index is 0.117. The highest BCUT2D eigenvalue weighted by molar-refractivity contribution is 5.32. The van der Waals surface area contributed by atoms with Crippen molar-refractivity contribution in [2.45, 2.75) is 31.4 Å². The maximum atomic E-state index is 13.1. The lowest BCUT2D eigenvalue weighted by atomic mass is 9.92. The Morgan fingerprint density at radius 3 is 3.12 bits per heavy atom. The fourth-order valence-corrected chi connectivity index (χ4v) is 2.76. The Hall–Kier alpha value is -0.930. The molecule has 0 amide bonds. The lowest BCUT2D eigenvalue weighted by Gasteiger charge is -2.30. The Balaban J connectivity index is 1.93. The molecule has 0 aliphatic carbocycles. The third-order valence-electron chi connectivity index (χ3n) is 3.54. The summed E-state index contributed by atoms with van der Waals surface area (Å²) in [7, 11) is 0. The fourth-order valence-electron chi connectivity index (χ4n) is 2.76. The quantitative estimate of drug-likeness (QED) is 0.785. The van der Waals surface area contributed by atoms with Crippen LogP contribution >= 0.6 is 0 Å². The number of halogens is 1. The predicted molar refractivity (Wildman–Crippen MR) is 59.8 cm³/mol. The number of fused-ring (bicyclic) bond motifs is 1. The second-order valence-corrected chi connectivity index (χ2v) is 4.59. The van der Waals surface area contributed by atoms with Crippen LogP contribution in [-0.4, -0.2) is 19.2 Å². The lowest BCUT2D eigenvalue weighted by molar-refractivity contribution is 0.0198. The van der Waals surface area contributed by atoms with Gasteiger partial charge in [0, 0.05) is 6.04 Å². The van der Waals surface area contributed by atoms with Crippen molar-refractivity contribution >= 4 is 0 Å². The number of hydrogen-bond acceptors (Lipinski definition) is 2. The van der Waals surface area contributed by atoms with Crippen LogP contribution in [0.5, 0.6) is 0 Å². The zero-order valence-electron chi connectivity index (χ0n) is 9.21. The van der Waals surface area contributed by atoms with Crippen molar-refractivity contribution in [3.8, 4) is 0 Å². The molecule has 3 rings (SSSR count). The highest BCUT2D eigenvalue weighted by atomic mass is 19.1. The summed E-state index contributed by atoms with van der Waals surface area (Å²) < 4.78 is 19.0. The van der Waals surface area contributed by atoms with Gasteiger partial charge in [0.1, 0.15) is 5.82 Å². The summed E-state index contributed by atoms with van der Waals surface area (Å²) in [6.07, 6.45) is 3.31. The molecule has 1 N–H and O–H groups in total. The number of ether oxygens (including phenoxy) is 1. The van der Waals surface area contributed by atoms with Gasteiger partial charge in [0.2, 0.25) is 0 Å². The van der Waals surface area contributed by atoms with Crippen molar-refractivity contribution in [1.82, 2.24) is 5.32 Å². The van der Waals surface area contributed by atoms with Gasteiger partial charge in [0.25, 0.3) is 0 Å². The van der Waals surface area contributed by atoms with E-state index in [1.165, 1.54) is 18.1 Å². The van der Waals surface area contributed by atoms with Crippen molar-refractivity contribution < 1.29 is 9.13 Å². The van der Waals surface area contributed by atoms with E-state index in [0.717, 1.165) is 24.9 Å². The molecule has 0 bridgehead atoms. The zero-order valence-corrected chi connectivity index (χ0v) is 9.21. The van der Waals surface area contributed by atoms with E-state index in [4.69, 9.17) is 4.74 Å². The third-order valence-corrected chi connectivity index (χ3v) is 3.54. The van der Waals surface area contributed by atoms with Crippen LogP contribution in [0.15, 0.2) is 18.2 Å².